The molecule has 0 spiro atoms. The molecule has 2 unspecified atom stereocenters. The molecule has 6 nitrogen and oxygen atoms in total. The van der Waals surface area contributed by atoms with Crippen LogP contribution in [0.3, 0.4) is 0 Å². The maximum Gasteiger partial charge on any atom is 0.232 e. The van der Waals surface area contributed by atoms with Crippen LogP contribution in [0.25, 0.3) is 5.57 Å². The number of aromatic nitrogens is 3. The zero-order valence-electron chi connectivity index (χ0n) is 32.0. The van der Waals surface area contributed by atoms with Gasteiger partial charge in [0.05, 0.1) is 0 Å². The van der Waals surface area contributed by atoms with Gasteiger partial charge in [0.1, 0.15) is 5.82 Å². The Bertz CT molecular complexity index is 1180. The van der Waals surface area contributed by atoms with E-state index in [1.54, 1.807) is 0 Å². The van der Waals surface area contributed by atoms with E-state index in [0.717, 1.165) is 72.7 Å². The SMILES string of the molecule is C=C(C)c1cc(Nc2nc(C)nc(N(CCCC)C3CC(C)N(CC4CCCCC4)C(C)(C)C3)n2)ccc1C.CC.CCC(C)C. The summed E-state index contributed by atoms with van der Waals surface area (Å²) < 4.78 is 0. The van der Waals surface area contributed by atoms with Gasteiger partial charge in [-0.1, -0.05) is 91.9 Å². The van der Waals surface area contributed by atoms with E-state index < -0.39 is 0 Å². The molecule has 2 aliphatic rings. The van der Waals surface area contributed by atoms with Crippen LogP contribution in [0.5, 0.6) is 0 Å². The molecule has 46 heavy (non-hydrogen) atoms. The summed E-state index contributed by atoms with van der Waals surface area (Å²) in [6.45, 7) is 32.8. The van der Waals surface area contributed by atoms with Crippen LogP contribution in [0.15, 0.2) is 24.8 Å². The van der Waals surface area contributed by atoms with Crippen LogP contribution >= 0.6 is 0 Å². The summed E-state index contributed by atoms with van der Waals surface area (Å²) in [4.78, 5) is 19.9. The number of hydrogen-bond acceptors (Lipinski definition) is 6. The Hall–Kier alpha value is -2.47. The highest BCUT2D eigenvalue weighted by atomic mass is 15.3. The number of unbranched alkanes of at least 4 members (excludes halogenated alkanes) is 1. The number of hydrogen-bond donors (Lipinski definition) is 1. The summed E-state index contributed by atoms with van der Waals surface area (Å²) in [5, 5.41) is 3.46. The molecule has 0 radical (unpaired) electrons. The second-order valence-corrected chi connectivity index (χ2v) is 14.7. The Morgan fingerprint density at radius 1 is 1.07 bits per heavy atom. The van der Waals surface area contributed by atoms with Gasteiger partial charge in [-0.05, 0) is 109 Å². The Labute approximate surface area is 284 Å². The van der Waals surface area contributed by atoms with E-state index in [0.29, 0.717) is 18.0 Å². The molecule has 4 rings (SSSR count). The van der Waals surface area contributed by atoms with Crippen LogP contribution in [0.2, 0.25) is 0 Å². The number of likely N-dealkylation sites (tertiary alicyclic amines) is 1. The summed E-state index contributed by atoms with van der Waals surface area (Å²) in [5.74, 6) is 3.91. The molecule has 6 heteroatoms. The van der Waals surface area contributed by atoms with Crippen molar-refractivity contribution in [1.29, 1.82) is 0 Å². The van der Waals surface area contributed by atoms with E-state index >= 15 is 0 Å². The van der Waals surface area contributed by atoms with Gasteiger partial charge in [0.25, 0.3) is 0 Å². The van der Waals surface area contributed by atoms with Crippen molar-refractivity contribution in [3.05, 3.63) is 41.7 Å². The number of aryl methyl sites for hydroxylation is 2. The molecule has 260 valence electrons. The normalized spacial score (nSPS) is 19.8. The quantitative estimate of drug-likeness (QED) is 0.265. The summed E-state index contributed by atoms with van der Waals surface area (Å²) in [6, 6.07) is 7.30. The number of allylic oxidation sites excluding steroid dienone is 1. The number of piperidine rings is 1. The van der Waals surface area contributed by atoms with Crippen molar-refractivity contribution in [3.8, 4) is 0 Å². The van der Waals surface area contributed by atoms with Gasteiger partial charge in [-0.25, -0.2) is 0 Å². The lowest BCUT2D eigenvalue weighted by Crippen LogP contribution is -2.60. The molecule has 2 fully saturated rings. The molecule has 1 aliphatic carbocycles. The minimum absolute atomic E-state index is 0.147. The molecule has 1 aliphatic heterocycles. The van der Waals surface area contributed by atoms with Gasteiger partial charge in [0.15, 0.2) is 0 Å². The zero-order valence-corrected chi connectivity index (χ0v) is 32.0. The van der Waals surface area contributed by atoms with Crippen LogP contribution < -0.4 is 10.2 Å². The van der Waals surface area contributed by atoms with Gasteiger partial charge in [0, 0.05) is 36.4 Å². The van der Waals surface area contributed by atoms with E-state index in [-0.39, 0.29) is 5.54 Å². The van der Waals surface area contributed by atoms with Crippen molar-refractivity contribution in [2.45, 2.75) is 165 Å². The maximum absolute atomic E-state index is 5.00. The van der Waals surface area contributed by atoms with Gasteiger partial charge in [-0.2, -0.15) is 15.0 Å². The molecule has 2 atom stereocenters. The van der Waals surface area contributed by atoms with Crippen molar-refractivity contribution in [2.75, 3.05) is 23.3 Å². The standard InChI is InChI=1S/C33H52N6.C5H12.C2H6/c1-9-10-18-38(29-19-25(5)39(33(7,8)21-29)22-27-14-12-11-13-15-27)32-35-26(6)34-31(37-32)36-28-17-16-24(4)30(20-28)23(2)3;1-4-5(2)3;1-2/h16-17,20,25,27,29H,2,9-15,18-19,21-22H2,1,3-8H3,(H,34,35,36,37);5H,4H2,1-3H3;1-2H3. The van der Waals surface area contributed by atoms with E-state index in [1.165, 1.54) is 50.6 Å². The summed E-state index contributed by atoms with van der Waals surface area (Å²) in [6.07, 6.45) is 12.9. The largest absolute Gasteiger partial charge is 0.338 e. The fourth-order valence-electron chi connectivity index (χ4n) is 6.92. The molecule has 2 aromatic rings. The highest BCUT2D eigenvalue weighted by molar-refractivity contribution is 5.69. The Morgan fingerprint density at radius 3 is 2.28 bits per heavy atom. The summed E-state index contributed by atoms with van der Waals surface area (Å²) in [7, 11) is 0. The molecule has 2 heterocycles. The number of anilines is 3. The van der Waals surface area contributed by atoms with Crippen LogP contribution in [0, 0.1) is 25.7 Å². The first-order valence-corrected chi connectivity index (χ1v) is 18.6. The minimum atomic E-state index is 0.147. The third-order valence-electron chi connectivity index (χ3n) is 9.79. The van der Waals surface area contributed by atoms with E-state index in [9.17, 15) is 0 Å². The molecule has 1 N–H and O–H groups in total. The monoisotopic (exact) mass is 635 g/mol. The van der Waals surface area contributed by atoms with Crippen LogP contribution in [0.1, 0.15) is 150 Å². The van der Waals surface area contributed by atoms with Crippen LogP contribution in [0.4, 0.5) is 17.6 Å². The predicted molar refractivity (Wildman–Crippen MR) is 202 cm³/mol. The smallest absolute Gasteiger partial charge is 0.232 e. The molecule has 1 aromatic carbocycles. The lowest BCUT2D eigenvalue weighted by atomic mass is 9.80. The fraction of sp³-hybridized carbons (Fsp3) is 0.725. The summed E-state index contributed by atoms with van der Waals surface area (Å²) >= 11 is 0. The molecule has 1 saturated heterocycles. The van der Waals surface area contributed by atoms with Crippen molar-refractivity contribution < 1.29 is 0 Å². The predicted octanol–water partition coefficient (Wildman–Crippen LogP) is 11.2. The first-order valence-electron chi connectivity index (χ1n) is 18.6. The number of benzene rings is 1. The van der Waals surface area contributed by atoms with Gasteiger partial charge >= 0.3 is 0 Å². The molecule has 1 saturated carbocycles. The molecule has 0 bridgehead atoms. The summed E-state index contributed by atoms with van der Waals surface area (Å²) in [5.41, 5.74) is 4.56. The molecular formula is C40H70N6. The Kier molecular flexibility index (Phi) is 16.7. The average molecular weight is 635 g/mol. The fourth-order valence-corrected chi connectivity index (χ4v) is 6.92. The van der Waals surface area contributed by atoms with E-state index in [1.807, 2.05) is 27.7 Å². The van der Waals surface area contributed by atoms with Gasteiger partial charge < -0.3 is 10.2 Å². The van der Waals surface area contributed by atoms with Gasteiger partial charge in [-0.15, -0.1) is 0 Å². The third-order valence-corrected chi connectivity index (χ3v) is 9.79. The Morgan fingerprint density at radius 2 is 1.72 bits per heavy atom. The molecular weight excluding hydrogens is 564 g/mol. The van der Waals surface area contributed by atoms with Crippen molar-refractivity contribution in [1.82, 2.24) is 19.9 Å². The van der Waals surface area contributed by atoms with Crippen LogP contribution in [-0.4, -0.2) is 50.6 Å². The topological polar surface area (TPSA) is 57.2 Å². The minimum Gasteiger partial charge on any atom is -0.338 e. The van der Waals surface area contributed by atoms with Crippen molar-refractivity contribution in [2.24, 2.45) is 11.8 Å². The number of nitrogens with one attached hydrogen (secondary N) is 1. The number of rotatable bonds is 11. The first-order chi connectivity index (χ1) is 21.8. The first kappa shape index (κ1) is 39.7. The average Bonchev–Trinajstić information content (AvgIpc) is 3.01. The lowest BCUT2D eigenvalue weighted by molar-refractivity contribution is 0.00287. The number of nitrogens with zero attached hydrogens (tertiary/aromatic N) is 5. The lowest BCUT2D eigenvalue weighted by Gasteiger charge is -2.53. The Balaban J connectivity index is 0.000000959. The molecule has 0 amide bonds. The van der Waals surface area contributed by atoms with E-state index in [4.69, 9.17) is 9.97 Å². The molecule has 1 aromatic heterocycles. The zero-order chi connectivity index (χ0) is 34.4. The van der Waals surface area contributed by atoms with Crippen LogP contribution in [-0.2, 0) is 0 Å². The third kappa shape index (κ3) is 12.0. The highest BCUT2D eigenvalue weighted by Gasteiger charge is 2.42. The van der Waals surface area contributed by atoms with Gasteiger partial charge in [0.2, 0.25) is 11.9 Å². The maximum atomic E-state index is 5.00. The van der Waals surface area contributed by atoms with Gasteiger partial charge in [-0.3, -0.25) is 4.90 Å². The van der Waals surface area contributed by atoms with Crippen molar-refractivity contribution >= 4 is 23.2 Å². The second-order valence-electron chi connectivity index (χ2n) is 14.7. The second kappa shape index (κ2) is 19.4. The highest BCUT2D eigenvalue weighted by Crippen LogP contribution is 2.38. The van der Waals surface area contributed by atoms with Crippen molar-refractivity contribution in [3.63, 3.8) is 0 Å². The van der Waals surface area contributed by atoms with E-state index in [2.05, 4.69) is 100 Å².